The second-order valence-corrected chi connectivity index (χ2v) is 7.33. The Morgan fingerprint density at radius 1 is 0.452 bits per heavy atom. The first-order valence-electron chi connectivity index (χ1n) is 10.2. The third-order valence-corrected chi connectivity index (χ3v) is 5.73. The molecule has 0 aromatic rings. The van der Waals surface area contributed by atoms with Crippen molar-refractivity contribution < 1.29 is 52.1 Å². The Labute approximate surface area is 184 Å². The van der Waals surface area contributed by atoms with Crippen molar-refractivity contribution >= 4 is 0 Å². The molecular formula is C20H38O11. The van der Waals surface area contributed by atoms with Crippen LogP contribution in [0.15, 0.2) is 0 Å². The lowest BCUT2D eigenvalue weighted by atomic mass is 9.96. The Kier molecular flexibility index (Phi) is 11.5. The van der Waals surface area contributed by atoms with Gasteiger partial charge < -0.3 is 52.1 Å². The summed E-state index contributed by atoms with van der Waals surface area (Å²) in [5.41, 5.74) is 0. The van der Waals surface area contributed by atoms with Crippen LogP contribution in [0, 0.1) is 0 Å². The Hall–Kier alpha value is -0.440. The van der Waals surface area contributed by atoms with E-state index in [1.165, 1.54) is 0 Å². The quantitative estimate of drug-likeness (QED) is 0.393. The monoisotopic (exact) mass is 454 g/mol. The molecule has 0 aromatic heterocycles. The van der Waals surface area contributed by atoms with Crippen molar-refractivity contribution in [3.05, 3.63) is 0 Å². The van der Waals surface area contributed by atoms with Crippen LogP contribution in [-0.4, -0.2) is 132 Å². The predicted molar refractivity (Wildman–Crippen MR) is 107 cm³/mol. The fraction of sp³-hybridized carbons (Fsp3) is 1.00. The van der Waals surface area contributed by atoms with Crippen LogP contribution in [0.1, 0.15) is 0 Å². The highest BCUT2D eigenvalue weighted by molar-refractivity contribution is 4.96. The SMILES string of the molecule is COC[C@@H]1O[C@@H](O[C@H]2[C@@H](OC)[C@H](OC)[C@H](OC)O[C@@H]2COC)[C@H](OC)[C@H](OC)[C@@H]1OC. The molecule has 0 amide bonds. The number of hydrogen-bond donors (Lipinski definition) is 0. The number of ether oxygens (including phenoxy) is 11. The molecule has 184 valence electrons. The first kappa shape index (κ1) is 26.8. The lowest BCUT2D eigenvalue weighted by Gasteiger charge is -2.49. The highest BCUT2D eigenvalue weighted by Gasteiger charge is 2.53. The van der Waals surface area contributed by atoms with Crippen LogP contribution in [0.4, 0.5) is 0 Å². The highest BCUT2D eigenvalue weighted by atomic mass is 16.8. The standard InChI is InChI=1S/C20H38O11/c1-21-9-11-13(23-3)15(24-4)18(27-7)20(30-11)31-14-12(10-22-2)29-19(28-8)17(26-6)16(14)25-5/h11-20H,9-10H2,1-8H3/t11-,12+,13+,14+,15+,16+,17-,18+,19+,20-/m0/s1. The minimum Gasteiger partial charge on any atom is -0.382 e. The Balaban J connectivity index is 2.32. The van der Waals surface area contributed by atoms with E-state index >= 15 is 0 Å². The molecule has 0 aromatic carbocycles. The van der Waals surface area contributed by atoms with Gasteiger partial charge in [-0.05, 0) is 0 Å². The Morgan fingerprint density at radius 2 is 0.871 bits per heavy atom. The van der Waals surface area contributed by atoms with E-state index < -0.39 is 61.4 Å². The van der Waals surface area contributed by atoms with Crippen molar-refractivity contribution in [2.45, 2.75) is 61.4 Å². The molecular weight excluding hydrogens is 416 g/mol. The zero-order valence-electron chi connectivity index (χ0n) is 19.7. The van der Waals surface area contributed by atoms with Gasteiger partial charge in [-0.2, -0.15) is 0 Å². The van der Waals surface area contributed by atoms with Gasteiger partial charge in [0.05, 0.1) is 13.2 Å². The van der Waals surface area contributed by atoms with Gasteiger partial charge in [0.2, 0.25) is 0 Å². The van der Waals surface area contributed by atoms with Gasteiger partial charge in [-0.1, -0.05) is 0 Å². The van der Waals surface area contributed by atoms with E-state index in [4.69, 9.17) is 52.1 Å². The van der Waals surface area contributed by atoms with Crippen LogP contribution in [0.2, 0.25) is 0 Å². The summed E-state index contributed by atoms with van der Waals surface area (Å²) >= 11 is 0. The van der Waals surface area contributed by atoms with Gasteiger partial charge in [0.1, 0.15) is 48.8 Å². The van der Waals surface area contributed by atoms with Crippen LogP contribution in [0.3, 0.4) is 0 Å². The van der Waals surface area contributed by atoms with Crippen LogP contribution in [0.5, 0.6) is 0 Å². The summed E-state index contributed by atoms with van der Waals surface area (Å²) in [6.07, 6.45) is -5.50. The molecule has 11 nitrogen and oxygen atoms in total. The van der Waals surface area contributed by atoms with Crippen LogP contribution < -0.4 is 0 Å². The molecule has 31 heavy (non-hydrogen) atoms. The van der Waals surface area contributed by atoms with E-state index in [0.29, 0.717) is 0 Å². The van der Waals surface area contributed by atoms with Gasteiger partial charge in [-0.3, -0.25) is 0 Å². The Bertz CT molecular complexity index is 496. The highest BCUT2D eigenvalue weighted by Crippen LogP contribution is 2.33. The number of rotatable bonds is 12. The summed E-state index contributed by atoms with van der Waals surface area (Å²) < 4.78 is 63.2. The minimum atomic E-state index is -0.816. The van der Waals surface area contributed by atoms with E-state index in [2.05, 4.69) is 0 Å². The first-order valence-corrected chi connectivity index (χ1v) is 10.2. The maximum absolute atomic E-state index is 6.43. The molecule has 11 heteroatoms. The summed E-state index contributed by atoms with van der Waals surface area (Å²) in [5.74, 6) is 0. The second kappa shape index (κ2) is 13.3. The molecule has 0 radical (unpaired) electrons. The van der Waals surface area contributed by atoms with Gasteiger partial charge in [-0.25, -0.2) is 0 Å². The molecule has 2 rings (SSSR count). The molecule has 0 aliphatic carbocycles. The first-order chi connectivity index (χ1) is 15.0. The fourth-order valence-electron chi connectivity index (χ4n) is 4.29. The predicted octanol–water partition coefficient (Wildman–Crippen LogP) is -0.164. The van der Waals surface area contributed by atoms with E-state index in [1.54, 1.807) is 56.9 Å². The topological polar surface area (TPSA) is 102 Å². The molecule has 2 fully saturated rings. The zero-order valence-corrected chi connectivity index (χ0v) is 19.7. The Morgan fingerprint density at radius 3 is 1.32 bits per heavy atom. The van der Waals surface area contributed by atoms with Gasteiger partial charge in [0.15, 0.2) is 12.6 Å². The molecule has 10 atom stereocenters. The van der Waals surface area contributed by atoms with E-state index in [0.717, 1.165) is 0 Å². The molecule has 0 saturated carbocycles. The molecule has 0 bridgehead atoms. The zero-order chi connectivity index (χ0) is 23.0. The smallest absolute Gasteiger partial charge is 0.187 e. The summed E-state index contributed by atoms with van der Waals surface area (Å²) in [7, 11) is 12.6. The minimum absolute atomic E-state index is 0.251. The van der Waals surface area contributed by atoms with Crippen molar-refractivity contribution in [3.8, 4) is 0 Å². The largest absolute Gasteiger partial charge is 0.382 e. The summed E-state index contributed by atoms with van der Waals surface area (Å²) in [6, 6.07) is 0. The van der Waals surface area contributed by atoms with Crippen molar-refractivity contribution in [2.24, 2.45) is 0 Å². The fourth-order valence-corrected chi connectivity index (χ4v) is 4.29. The molecule has 0 N–H and O–H groups in total. The summed E-state index contributed by atoms with van der Waals surface area (Å²) in [5, 5.41) is 0. The molecule has 2 aliphatic heterocycles. The van der Waals surface area contributed by atoms with Crippen molar-refractivity contribution in [1.82, 2.24) is 0 Å². The van der Waals surface area contributed by atoms with Gasteiger partial charge >= 0.3 is 0 Å². The molecule has 2 saturated heterocycles. The lowest BCUT2D eigenvalue weighted by molar-refractivity contribution is -0.365. The van der Waals surface area contributed by atoms with Crippen LogP contribution >= 0.6 is 0 Å². The van der Waals surface area contributed by atoms with E-state index in [9.17, 15) is 0 Å². The lowest BCUT2D eigenvalue weighted by Crippen LogP contribution is -2.66. The van der Waals surface area contributed by atoms with Crippen molar-refractivity contribution in [2.75, 3.05) is 70.1 Å². The van der Waals surface area contributed by atoms with E-state index in [1.807, 2.05) is 0 Å². The third kappa shape index (κ3) is 5.92. The van der Waals surface area contributed by atoms with Gasteiger partial charge in [-0.15, -0.1) is 0 Å². The normalized spacial score (nSPS) is 41.4. The van der Waals surface area contributed by atoms with Crippen molar-refractivity contribution in [1.29, 1.82) is 0 Å². The van der Waals surface area contributed by atoms with Gasteiger partial charge in [0, 0.05) is 56.9 Å². The van der Waals surface area contributed by atoms with Gasteiger partial charge in [0.25, 0.3) is 0 Å². The maximum atomic E-state index is 6.43. The van der Waals surface area contributed by atoms with Crippen LogP contribution in [-0.2, 0) is 52.1 Å². The number of hydrogen-bond acceptors (Lipinski definition) is 11. The molecule has 0 unspecified atom stereocenters. The summed E-state index contributed by atoms with van der Waals surface area (Å²) in [4.78, 5) is 0. The number of methoxy groups -OCH3 is 8. The van der Waals surface area contributed by atoms with Crippen molar-refractivity contribution in [3.63, 3.8) is 0 Å². The van der Waals surface area contributed by atoms with E-state index in [-0.39, 0.29) is 13.2 Å². The summed E-state index contributed by atoms with van der Waals surface area (Å²) in [6.45, 7) is 0.540. The second-order valence-electron chi connectivity index (χ2n) is 7.33. The molecule has 2 heterocycles. The molecule has 2 aliphatic rings. The molecule has 0 spiro atoms. The third-order valence-electron chi connectivity index (χ3n) is 5.73. The maximum Gasteiger partial charge on any atom is 0.187 e. The average Bonchev–Trinajstić information content (AvgIpc) is 2.79. The van der Waals surface area contributed by atoms with Crippen LogP contribution in [0.25, 0.3) is 0 Å². The average molecular weight is 455 g/mol.